The number of nitrogens with zero attached hydrogens (tertiary/aromatic N) is 1. The molecule has 2 aromatic rings. The van der Waals surface area contributed by atoms with Crippen LogP contribution in [-0.4, -0.2) is 17.9 Å². The summed E-state index contributed by atoms with van der Waals surface area (Å²) in [7, 11) is 0. The van der Waals surface area contributed by atoms with E-state index in [1.807, 2.05) is 6.92 Å². The van der Waals surface area contributed by atoms with Crippen molar-refractivity contribution >= 4 is 11.9 Å². The molecular weight excluding hydrogens is 278 g/mol. The van der Waals surface area contributed by atoms with E-state index in [-0.39, 0.29) is 11.4 Å². The van der Waals surface area contributed by atoms with Crippen LogP contribution in [0.4, 0.5) is 14.5 Å². The van der Waals surface area contributed by atoms with Crippen LogP contribution in [0.3, 0.4) is 0 Å². The summed E-state index contributed by atoms with van der Waals surface area (Å²) in [5.74, 6) is -0.870. The topological polar surface area (TPSA) is 53.8 Å². The number of phenols is 1. The molecule has 0 amide bonds. The van der Waals surface area contributed by atoms with Gasteiger partial charge in [0.15, 0.2) is 5.82 Å². The van der Waals surface area contributed by atoms with Crippen LogP contribution in [0, 0.1) is 11.6 Å². The molecule has 0 aliphatic heterocycles. The molecule has 2 aromatic carbocycles. The number of phenolic OH excluding ortho intramolecular Hbond substituents is 1. The molecule has 0 saturated heterocycles. The molecule has 4 nitrogen and oxygen atoms in total. The molecular formula is C15H14F2N2O2. The highest BCUT2D eigenvalue weighted by Gasteiger charge is 2.03. The lowest BCUT2D eigenvalue weighted by molar-refractivity contribution is 0.337. The molecule has 6 heteroatoms. The van der Waals surface area contributed by atoms with Crippen molar-refractivity contribution in [1.29, 1.82) is 0 Å². The second kappa shape index (κ2) is 6.69. The van der Waals surface area contributed by atoms with E-state index in [0.29, 0.717) is 17.9 Å². The molecule has 2 N–H and O–H groups in total. The zero-order chi connectivity index (χ0) is 15.2. The molecule has 0 heterocycles. The van der Waals surface area contributed by atoms with Crippen LogP contribution in [0.15, 0.2) is 41.5 Å². The monoisotopic (exact) mass is 292 g/mol. The van der Waals surface area contributed by atoms with Gasteiger partial charge < -0.3 is 9.84 Å². The average molecular weight is 292 g/mol. The molecule has 21 heavy (non-hydrogen) atoms. The molecule has 0 fully saturated rings. The van der Waals surface area contributed by atoms with E-state index in [1.165, 1.54) is 18.3 Å². The number of anilines is 1. The first kappa shape index (κ1) is 14.8. The summed E-state index contributed by atoms with van der Waals surface area (Å²) < 4.78 is 31.3. The quantitative estimate of drug-likeness (QED) is 0.655. The third kappa shape index (κ3) is 3.92. The van der Waals surface area contributed by atoms with Crippen LogP contribution in [-0.2, 0) is 0 Å². The van der Waals surface area contributed by atoms with E-state index in [9.17, 15) is 13.9 Å². The zero-order valence-electron chi connectivity index (χ0n) is 11.3. The minimum Gasteiger partial charge on any atom is -0.507 e. The van der Waals surface area contributed by atoms with Gasteiger partial charge >= 0.3 is 0 Å². The van der Waals surface area contributed by atoms with Crippen molar-refractivity contribution in [1.82, 2.24) is 0 Å². The van der Waals surface area contributed by atoms with Gasteiger partial charge in [0.2, 0.25) is 0 Å². The maximum Gasteiger partial charge on any atom is 0.151 e. The van der Waals surface area contributed by atoms with E-state index < -0.39 is 11.6 Å². The zero-order valence-corrected chi connectivity index (χ0v) is 11.3. The van der Waals surface area contributed by atoms with Crippen molar-refractivity contribution in [2.75, 3.05) is 12.0 Å². The third-order valence-corrected chi connectivity index (χ3v) is 2.63. The third-order valence-electron chi connectivity index (χ3n) is 2.63. The van der Waals surface area contributed by atoms with E-state index in [4.69, 9.17) is 4.74 Å². The first-order valence-electron chi connectivity index (χ1n) is 6.30. The number of halogens is 2. The number of hydrazone groups is 1. The highest BCUT2D eigenvalue weighted by atomic mass is 19.1. The average Bonchev–Trinajstić information content (AvgIpc) is 2.44. The number of benzene rings is 2. The van der Waals surface area contributed by atoms with Gasteiger partial charge in [0.05, 0.1) is 18.5 Å². The standard InChI is InChI=1S/C15H14F2N2O2/c1-2-21-12-5-3-10(15(20)8-12)9-18-19-14-6-4-11(16)7-13(14)17/h3-9,19-20H,2H2,1H3. The van der Waals surface area contributed by atoms with Gasteiger partial charge in [-0.1, -0.05) is 0 Å². The lowest BCUT2D eigenvalue weighted by Gasteiger charge is -2.05. The SMILES string of the molecule is CCOc1ccc(C=NNc2ccc(F)cc2F)c(O)c1. The summed E-state index contributed by atoms with van der Waals surface area (Å²) >= 11 is 0. The second-order valence-electron chi connectivity index (χ2n) is 4.15. The maximum atomic E-state index is 13.4. The van der Waals surface area contributed by atoms with Crippen molar-refractivity contribution in [2.24, 2.45) is 5.10 Å². The van der Waals surface area contributed by atoms with Gasteiger partial charge in [-0.05, 0) is 31.2 Å². The van der Waals surface area contributed by atoms with Gasteiger partial charge in [0, 0.05) is 17.7 Å². The van der Waals surface area contributed by atoms with Crippen LogP contribution < -0.4 is 10.2 Å². The van der Waals surface area contributed by atoms with Crippen molar-refractivity contribution < 1.29 is 18.6 Å². The van der Waals surface area contributed by atoms with Gasteiger partial charge in [-0.2, -0.15) is 5.10 Å². The fourth-order valence-corrected chi connectivity index (χ4v) is 1.64. The van der Waals surface area contributed by atoms with Crippen molar-refractivity contribution in [3.05, 3.63) is 53.6 Å². The predicted octanol–water partition coefficient (Wildman–Crippen LogP) is 3.52. The molecule has 0 aliphatic rings. The number of aromatic hydroxyl groups is 1. The molecule has 0 spiro atoms. The van der Waals surface area contributed by atoms with Gasteiger partial charge in [-0.15, -0.1) is 0 Å². The minimum atomic E-state index is -0.747. The highest BCUT2D eigenvalue weighted by Crippen LogP contribution is 2.22. The Balaban J connectivity index is 2.07. The van der Waals surface area contributed by atoms with Crippen molar-refractivity contribution in [3.8, 4) is 11.5 Å². The van der Waals surface area contributed by atoms with E-state index >= 15 is 0 Å². The summed E-state index contributed by atoms with van der Waals surface area (Å²) in [5, 5.41) is 13.6. The first-order valence-corrected chi connectivity index (χ1v) is 6.30. The summed E-state index contributed by atoms with van der Waals surface area (Å²) in [6, 6.07) is 7.88. The minimum absolute atomic E-state index is 0.00826. The summed E-state index contributed by atoms with van der Waals surface area (Å²) in [4.78, 5) is 0. The normalized spacial score (nSPS) is 10.8. The molecule has 0 aromatic heterocycles. The smallest absolute Gasteiger partial charge is 0.151 e. The van der Waals surface area contributed by atoms with E-state index in [0.717, 1.165) is 12.1 Å². The van der Waals surface area contributed by atoms with Gasteiger partial charge in [0.25, 0.3) is 0 Å². The fraction of sp³-hybridized carbons (Fsp3) is 0.133. The lowest BCUT2D eigenvalue weighted by Crippen LogP contribution is -1.95. The Morgan fingerprint density at radius 3 is 2.71 bits per heavy atom. The van der Waals surface area contributed by atoms with E-state index in [2.05, 4.69) is 10.5 Å². The largest absolute Gasteiger partial charge is 0.507 e. The van der Waals surface area contributed by atoms with Gasteiger partial charge in [-0.25, -0.2) is 8.78 Å². The Kier molecular flexibility index (Phi) is 4.71. The summed E-state index contributed by atoms with van der Waals surface area (Å²) in [6.07, 6.45) is 1.33. The van der Waals surface area contributed by atoms with Crippen LogP contribution in [0.2, 0.25) is 0 Å². The first-order chi connectivity index (χ1) is 10.1. The van der Waals surface area contributed by atoms with Crippen LogP contribution in [0.5, 0.6) is 11.5 Å². The van der Waals surface area contributed by atoms with Crippen LogP contribution in [0.25, 0.3) is 0 Å². The Morgan fingerprint density at radius 2 is 2.05 bits per heavy atom. The number of ether oxygens (including phenoxy) is 1. The Bertz CT molecular complexity index is 660. The van der Waals surface area contributed by atoms with Gasteiger partial charge in [-0.3, -0.25) is 5.43 Å². The number of nitrogens with one attached hydrogen (secondary N) is 1. The maximum absolute atomic E-state index is 13.4. The lowest BCUT2D eigenvalue weighted by atomic mass is 10.2. The highest BCUT2D eigenvalue weighted by molar-refractivity contribution is 5.84. The van der Waals surface area contributed by atoms with Crippen LogP contribution in [0.1, 0.15) is 12.5 Å². The molecule has 0 atom stereocenters. The fourth-order valence-electron chi connectivity index (χ4n) is 1.64. The van der Waals surface area contributed by atoms with E-state index in [1.54, 1.807) is 12.1 Å². The summed E-state index contributed by atoms with van der Waals surface area (Å²) in [5.41, 5.74) is 2.92. The molecule has 0 bridgehead atoms. The molecule has 0 radical (unpaired) electrons. The van der Waals surface area contributed by atoms with Gasteiger partial charge in [0.1, 0.15) is 17.3 Å². The molecule has 0 aliphatic carbocycles. The predicted molar refractivity (Wildman–Crippen MR) is 76.9 cm³/mol. The number of hydrogen-bond donors (Lipinski definition) is 2. The van der Waals surface area contributed by atoms with Crippen LogP contribution >= 0.6 is 0 Å². The Hall–Kier alpha value is -2.63. The Morgan fingerprint density at radius 1 is 1.24 bits per heavy atom. The summed E-state index contributed by atoms with van der Waals surface area (Å²) in [6.45, 7) is 2.34. The number of rotatable bonds is 5. The Labute approximate surface area is 120 Å². The molecule has 110 valence electrons. The number of hydrogen-bond acceptors (Lipinski definition) is 4. The second-order valence-corrected chi connectivity index (χ2v) is 4.15. The van der Waals surface area contributed by atoms with Crippen molar-refractivity contribution in [3.63, 3.8) is 0 Å². The molecule has 0 unspecified atom stereocenters. The molecule has 2 rings (SSSR count). The molecule has 0 saturated carbocycles. The van der Waals surface area contributed by atoms with Crippen molar-refractivity contribution in [2.45, 2.75) is 6.92 Å².